The lowest BCUT2D eigenvalue weighted by molar-refractivity contribution is 0.646. The fraction of sp³-hybridized carbons (Fsp3) is 0.176. The van der Waals surface area contributed by atoms with E-state index in [0.29, 0.717) is 5.92 Å². The van der Waals surface area contributed by atoms with Crippen molar-refractivity contribution in [3.05, 3.63) is 107 Å². The first-order chi connectivity index (χ1) is 17.5. The quantitative estimate of drug-likeness (QED) is 0.257. The number of hydrogen-bond donors (Lipinski definition) is 1. The van der Waals surface area contributed by atoms with Gasteiger partial charge in [0.15, 0.2) is 5.58 Å². The van der Waals surface area contributed by atoms with Crippen LogP contribution in [0.5, 0.6) is 0 Å². The van der Waals surface area contributed by atoms with Crippen LogP contribution in [-0.2, 0) is 5.41 Å². The van der Waals surface area contributed by atoms with E-state index in [2.05, 4.69) is 105 Å². The van der Waals surface area contributed by atoms with E-state index >= 15 is 0 Å². The molecule has 2 aromatic heterocycles. The Bertz CT molecular complexity index is 1960. The van der Waals surface area contributed by atoms with E-state index < -0.39 is 0 Å². The molecule has 2 nitrogen and oxygen atoms in total. The van der Waals surface area contributed by atoms with E-state index in [1.807, 2.05) is 6.07 Å². The number of aromatic nitrogens is 1. The first-order valence-electron chi connectivity index (χ1n) is 12.9. The molecule has 6 aromatic rings. The Morgan fingerprint density at radius 1 is 0.833 bits per heavy atom. The maximum atomic E-state index is 6.45. The predicted octanol–water partition coefficient (Wildman–Crippen LogP) is 9.39. The standard InChI is InChI=1S/C34H27NO/c1-19-16-24-20-10-4-7-13-27(20)34(2,3)28(24)18-23(19)25-17-26-21-11-6-9-15-30(21)36-33(26)32-31(25)22-12-5-8-14-29(22)35-32/h4-15,17-19,35H,16H2,1-3H3. The minimum absolute atomic E-state index is 0.00306. The first kappa shape index (κ1) is 20.2. The second-order valence-corrected chi connectivity index (χ2v) is 11.1. The molecule has 36 heavy (non-hydrogen) atoms. The minimum atomic E-state index is 0.00306. The van der Waals surface area contributed by atoms with Crippen molar-refractivity contribution in [1.29, 1.82) is 0 Å². The molecule has 0 fully saturated rings. The second kappa shape index (κ2) is 6.79. The number of hydrogen-bond acceptors (Lipinski definition) is 1. The van der Waals surface area contributed by atoms with E-state index in [1.54, 1.807) is 0 Å². The maximum absolute atomic E-state index is 6.45. The fourth-order valence-corrected chi connectivity index (χ4v) is 6.93. The molecule has 0 bridgehead atoms. The third-order valence-electron chi connectivity index (χ3n) is 8.70. The summed E-state index contributed by atoms with van der Waals surface area (Å²) in [6.45, 7) is 7.15. The highest BCUT2D eigenvalue weighted by atomic mass is 16.3. The maximum Gasteiger partial charge on any atom is 0.159 e. The van der Waals surface area contributed by atoms with Crippen LogP contribution < -0.4 is 0 Å². The van der Waals surface area contributed by atoms with Gasteiger partial charge in [-0.3, -0.25) is 0 Å². The van der Waals surface area contributed by atoms with Gasteiger partial charge in [0.1, 0.15) is 5.58 Å². The van der Waals surface area contributed by atoms with Gasteiger partial charge in [-0.15, -0.1) is 0 Å². The van der Waals surface area contributed by atoms with Crippen LogP contribution in [0.25, 0.3) is 54.9 Å². The van der Waals surface area contributed by atoms with Gasteiger partial charge in [0.25, 0.3) is 0 Å². The molecule has 1 unspecified atom stereocenters. The lowest BCUT2D eigenvalue weighted by atomic mass is 9.75. The Kier molecular flexibility index (Phi) is 3.81. The highest BCUT2D eigenvalue weighted by Gasteiger charge is 2.39. The molecule has 1 atom stereocenters. The van der Waals surface area contributed by atoms with Crippen molar-refractivity contribution in [2.24, 2.45) is 5.92 Å². The van der Waals surface area contributed by atoms with Crippen LogP contribution in [0.1, 0.15) is 43.9 Å². The molecule has 0 aliphatic heterocycles. The third-order valence-corrected chi connectivity index (χ3v) is 8.70. The van der Waals surface area contributed by atoms with Gasteiger partial charge in [0, 0.05) is 32.5 Å². The Morgan fingerprint density at radius 3 is 2.47 bits per heavy atom. The van der Waals surface area contributed by atoms with Crippen molar-refractivity contribution < 1.29 is 4.42 Å². The molecular formula is C34H27NO. The molecule has 2 aliphatic carbocycles. The number of furan rings is 1. The number of allylic oxidation sites excluding steroid dienone is 4. The number of aromatic amines is 1. The molecule has 0 amide bonds. The number of para-hydroxylation sites is 2. The number of H-pyrrole nitrogens is 1. The van der Waals surface area contributed by atoms with Crippen molar-refractivity contribution in [2.45, 2.75) is 32.6 Å². The minimum Gasteiger partial charge on any atom is -0.454 e. The van der Waals surface area contributed by atoms with Crippen molar-refractivity contribution in [2.75, 3.05) is 0 Å². The van der Waals surface area contributed by atoms with Gasteiger partial charge in [-0.05, 0) is 63.9 Å². The average molecular weight is 466 g/mol. The summed E-state index contributed by atoms with van der Waals surface area (Å²) in [7, 11) is 0. The monoisotopic (exact) mass is 465 g/mol. The number of fused-ring (bicyclic) bond motifs is 9. The Morgan fingerprint density at radius 2 is 1.58 bits per heavy atom. The predicted molar refractivity (Wildman–Crippen MR) is 151 cm³/mol. The van der Waals surface area contributed by atoms with E-state index in [1.165, 1.54) is 55.0 Å². The molecule has 2 heterocycles. The van der Waals surface area contributed by atoms with Gasteiger partial charge in [-0.25, -0.2) is 0 Å². The molecule has 4 aromatic carbocycles. The fourth-order valence-electron chi connectivity index (χ4n) is 6.93. The van der Waals surface area contributed by atoms with Crippen molar-refractivity contribution in [1.82, 2.24) is 4.98 Å². The van der Waals surface area contributed by atoms with Crippen LogP contribution in [0.4, 0.5) is 0 Å². The Hall–Kier alpha value is -4.04. The SMILES string of the molecule is CC1CC2=C(C=C1c1cc3c4ccccc4oc3c3[nH]c4ccccc4c13)C(C)(C)c1ccccc12. The highest BCUT2D eigenvalue weighted by Crippen LogP contribution is 2.54. The lowest BCUT2D eigenvalue weighted by Crippen LogP contribution is -2.18. The summed E-state index contributed by atoms with van der Waals surface area (Å²) in [4.78, 5) is 3.72. The van der Waals surface area contributed by atoms with Crippen LogP contribution >= 0.6 is 0 Å². The van der Waals surface area contributed by atoms with Crippen molar-refractivity contribution >= 4 is 54.9 Å². The van der Waals surface area contributed by atoms with Gasteiger partial charge >= 0.3 is 0 Å². The Labute approximate surface area is 209 Å². The molecular weight excluding hydrogens is 438 g/mol. The summed E-state index contributed by atoms with van der Waals surface area (Å²) in [5.41, 5.74) is 12.8. The van der Waals surface area contributed by atoms with Gasteiger partial charge in [0.2, 0.25) is 0 Å². The molecule has 0 radical (unpaired) electrons. The number of benzene rings is 4. The lowest BCUT2D eigenvalue weighted by Gasteiger charge is -2.29. The van der Waals surface area contributed by atoms with Crippen LogP contribution in [0.3, 0.4) is 0 Å². The zero-order valence-electron chi connectivity index (χ0n) is 20.8. The summed E-state index contributed by atoms with van der Waals surface area (Å²) in [6.07, 6.45) is 3.59. The van der Waals surface area contributed by atoms with Gasteiger partial charge in [-0.2, -0.15) is 0 Å². The van der Waals surface area contributed by atoms with Gasteiger partial charge in [0.05, 0.1) is 5.52 Å². The van der Waals surface area contributed by atoms with E-state index in [-0.39, 0.29) is 5.41 Å². The summed E-state index contributed by atoms with van der Waals surface area (Å²) < 4.78 is 6.45. The second-order valence-electron chi connectivity index (χ2n) is 11.1. The van der Waals surface area contributed by atoms with E-state index in [0.717, 1.165) is 28.6 Å². The molecule has 2 aliphatic rings. The largest absolute Gasteiger partial charge is 0.454 e. The third kappa shape index (κ3) is 2.47. The zero-order chi connectivity index (χ0) is 24.2. The average Bonchev–Trinajstić information content (AvgIpc) is 3.52. The molecule has 1 N–H and O–H groups in total. The normalized spacial score (nSPS) is 18.9. The summed E-state index contributed by atoms with van der Waals surface area (Å²) in [6, 6.07) is 28.4. The molecule has 174 valence electrons. The number of rotatable bonds is 1. The van der Waals surface area contributed by atoms with Gasteiger partial charge < -0.3 is 9.40 Å². The summed E-state index contributed by atoms with van der Waals surface area (Å²) in [5, 5.41) is 4.88. The van der Waals surface area contributed by atoms with Crippen LogP contribution in [0.15, 0.2) is 94.9 Å². The van der Waals surface area contributed by atoms with Gasteiger partial charge in [-0.1, -0.05) is 87.5 Å². The van der Waals surface area contributed by atoms with Crippen molar-refractivity contribution in [3.8, 4) is 0 Å². The van der Waals surface area contributed by atoms with E-state index in [9.17, 15) is 0 Å². The van der Waals surface area contributed by atoms with Crippen LogP contribution in [0.2, 0.25) is 0 Å². The van der Waals surface area contributed by atoms with Crippen LogP contribution in [0, 0.1) is 5.92 Å². The molecule has 0 spiro atoms. The number of nitrogens with one attached hydrogen (secondary N) is 1. The molecule has 8 rings (SSSR count). The molecule has 0 saturated heterocycles. The molecule has 0 saturated carbocycles. The van der Waals surface area contributed by atoms with Crippen LogP contribution in [-0.4, -0.2) is 4.98 Å². The smallest absolute Gasteiger partial charge is 0.159 e. The molecule has 2 heteroatoms. The summed E-state index contributed by atoms with van der Waals surface area (Å²) >= 11 is 0. The van der Waals surface area contributed by atoms with Crippen molar-refractivity contribution in [3.63, 3.8) is 0 Å². The topological polar surface area (TPSA) is 28.9 Å². The zero-order valence-corrected chi connectivity index (χ0v) is 20.8. The summed E-state index contributed by atoms with van der Waals surface area (Å²) in [5.74, 6) is 0.415. The Balaban J connectivity index is 1.49. The highest BCUT2D eigenvalue weighted by molar-refractivity contribution is 6.23. The van der Waals surface area contributed by atoms with E-state index in [4.69, 9.17) is 4.42 Å². The first-order valence-corrected chi connectivity index (χ1v) is 12.9.